The van der Waals surface area contributed by atoms with E-state index >= 15 is 0 Å². The molecule has 5 atom stereocenters. The normalized spacial score (nSPS) is 36.1. The van der Waals surface area contributed by atoms with Crippen LogP contribution in [0.2, 0.25) is 0 Å². The average molecular weight is 376 g/mol. The maximum Gasteiger partial charge on any atom is 0.334 e. The Morgan fingerprint density at radius 1 is 1.41 bits per heavy atom. The molecular weight excluding hydrogens is 352 g/mol. The van der Waals surface area contributed by atoms with Crippen LogP contribution in [0.25, 0.3) is 0 Å². The smallest absolute Gasteiger partial charge is 0.334 e. The molecule has 7 nitrogen and oxygen atoms in total. The number of esters is 2. The van der Waals surface area contributed by atoms with E-state index in [9.17, 15) is 19.8 Å². The molecule has 0 aromatic rings. The van der Waals surface area contributed by atoms with Gasteiger partial charge in [0.05, 0.1) is 12.5 Å². The maximum atomic E-state index is 12.4. The lowest BCUT2D eigenvalue weighted by Gasteiger charge is -2.34. The molecule has 1 aliphatic carbocycles. The minimum absolute atomic E-state index is 0.126. The van der Waals surface area contributed by atoms with Gasteiger partial charge in [-0.05, 0) is 38.3 Å². The molecule has 0 radical (unpaired) electrons. The second-order valence-electron chi connectivity index (χ2n) is 6.94. The topological polar surface area (TPSA) is 102 Å². The van der Waals surface area contributed by atoms with Gasteiger partial charge in [-0.3, -0.25) is 0 Å². The second kappa shape index (κ2) is 7.80. The fourth-order valence-electron chi connectivity index (χ4n) is 3.50. The molecule has 1 fully saturated rings. The molecule has 0 aromatic carbocycles. The van der Waals surface area contributed by atoms with Crippen molar-refractivity contribution in [2.45, 2.75) is 51.3 Å². The van der Waals surface area contributed by atoms with Crippen molar-refractivity contribution >= 4 is 11.9 Å². The number of aliphatic hydroxyl groups excluding tert-OH is 2. The molecule has 0 amide bonds. The van der Waals surface area contributed by atoms with Crippen molar-refractivity contribution in [1.29, 1.82) is 0 Å². The van der Waals surface area contributed by atoms with E-state index < -0.39 is 42.5 Å². The Morgan fingerprint density at radius 2 is 2.15 bits per heavy atom. The second-order valence-corrected chi connectivity index (χ2v) is 6.94. The molecule has 27 heavy (non-hydrogen) atoms. The lowest BCUT2D eigenvalue weighted by Crippen LogP contribution is -2.45. The summed E-state index contributed by atoms with van der Waals surface area (Å²) >= 11 is 0. The Hall–Kier alpha value is -2.22. The van der Waals surface area contributed by atoms with Gasteiger partial charge in [0.15, 0.2) is 6.29 Å². The van der Waals surface area contributed by atoms with Crippen LogP contribution in [0.5, 0.6) is 0 Å². The highest BCUT2D eigenvalue weighted by atomic mass is 16.6. The highest BCUT2D eigenvalue weighted by Crippen LogP contribution is 2.38. The van der Waals surface area contributed by atoms with Crippen LogP contribution >= 0.6 is 0 Å². The molecule has 3 heterocycles. The van der Waals surface area contributed by atoms with Gasteiger partial charge >= 0.3 is 11.9 Å². The van der Waals surface area contributed by atoms with Crippen LogP contribution in [0.4, 0.5) is 0 Å². The Bertz CT molecular complexity index is 745. The number of carbonyl (C=O) groups excluding carboxylic acids is 2. The zero-order valence-corrected chi connectivity index (χ0v) is 15.4. The average Bonchev–Trinajstić information content (AvgIpc) is 2.91. The van der Waals surface area contributed by atoms with E-state index in [1.54, 1.807) is 32.1 Å². The standard InChI is InChI=1S/C20H24O7/c1-4-10(2)18(22)27-17-15-11(3)19(23)26-14(15)8-12-6-5-7-13(16(17)21)20(24)25-9-12/h4,7-8,14-17,20-21,24H,3,5-6,9H2,1-2H3/b10-4+,12-8+,13-7?/t14-,15+,16+,17+,20-/m1/s1. The van der Waals surface area contributed by atoms with Crippen LogP contribution in [0.1, 0.15) is 26.7 Å². The van der Waals surface area contributed by atoms with E-state index in [1.165, 1.54) is 0 Å². The van der Waals surface area contributed by atoms with Gasteiger partial charge in [0.1, 0.15) is 18.3 Å². The Kier molecular flexibility index (Phi) is 5.64. The molecule has 7 heteroatoms. The number of carbonyl (C=O) groups is 2. The van der Waals surface area contributed by atoms with Crippen LogP contribution in [-0.2, 0) is 23.8 Å². The molecule has 3 aliphatic heterocycles. The van der Waals surface area contributed by atoms with Crippen LogP contribution in [-0.4, -0.2) is 53.4 Å². The number of rotatable bonds is 2. The first-order valence-electron chi connectivity index (χ1n) is 8.94. The third-order valence-electron chi connectivity index (χ3n) is 5.22. The van der Waals surface area contributed by atoms with Gasteiger partial charge in [0.25, 0.3) is 0 Å². The summed E-state index contributed by atoms with van der Waals surface area (Å²) in [6.07, 6.45) is 1.63. The predicted octanol–water partition coefficient (Wildman–Crippen LogP) is 1.32. The van der Waals surface area contributed by atoms with Gasteiger partial charge in [0, 0.05) is 16.7 Å². The van der Waals surface area contributed by atoms with E-state index in [0.29, 0.717) is 18.4 Å². The summed E-state index contributed by atoms with van der Waals surface area (Å²) in [6.45, 7) is 7.22. The molecule has 0 unspecified atom stereocenters. The summed E-state index contributed by atoms with van der Waals surface area (Å²) in [5.74, 6) is -1.98. The Labute approximate surface area is 157 Å². The quantitative estimate of drug-likeness (QED) is 0.426. The van der Waals surface area contributed by atoms with Crippen molar-refractivity contribution in [3.8, 4) is 0 Å². The number of fused-ring (bicyclic) bond motifs is 5. The van der Waals surface area contributed by atoms with Gasteiger partial charge < -0.3 is 24.4 Å². The van der Waals surface area contributed by atoms with Gasteiger partial charge in [-0.1, -0.05) is 18.7 Å². The number of aliphatic hydroxyl groups is 2. The lowest BCUT2D eigenvalue weighted by atomic mass is 9.83. The number of allylic oxidation sites excluding steroid dienone is 2. The fraction of sp³-hybridized carbons (Fsp3) is 0.500. The molecule has 4 aliphatic rings. The summed E-state index contributed by atoms with van der Waals surface area (Å²) in [5, 5.41) is 21.3. The van der Waals surface area contributed by atoms with Gasteiger partial charge in [-0.2, -0.15) is 0 Å². The molecule has 2 bridgehead atoms. The number of hydrogen-bond donors (Lipinski definition) is 2. The summed E-state index contributed by atoms with van der Waals surface area (Å²) in [4.78, 5) is 24.5. The number of hydrogen-bond acceptors (Lipinski definition) is 7. The van der Waals surface area contributed by atoms with Crippen molar-refractivity contribution in [3.05, 3.63) is 47.1 Å². The summed E-state index contributed by atoms with van der Waals surface area (Å²) in [6, 6.07) is 0. The molecule has 2 N–H and O–H groups in total. The highest BCUT2D eigenvalue weighted by Gasteiger charge is 2.49. The van der Waals surface area contributed by atoms with E-state index in [4.69, 9.17) is 14.2 Å². The van der Waals surface area contributed by atoms with Crippen molar-refractivity contribution < 1.29 is 34.0 Å². The predicted molar refractivity (Wildman–Crippen MR) is 95.2 cm³/mol. The third-order valence-corrected chi connectivity index (χ3v) is 5.22. The van der Waals surface area contributed by atoms with Gasteiger partial charge in [-0.15, -0.1) is 0 Å². The van der Waals surface area contributed by atoms with E-state index in [0.717, 1.165) is 5.57 Å². The van der Waals surface area contributed by atoms with Crippen LogP contribution in [0.3, 0.4) is 0 Å². The first kappa shape index (κ1) is 19.5. The third kappa shape index (κ3) is 3.76. The van der Waals surface area contributed by atoms with Gasteiger partial charge in [-0.25, -0.2) is 9.59 Å². The summed E-state index contributed by atoms with van der Waals surface area (Å²) < 4.78 is 16.4. The van der Waals surface area contributed by atoms with E-state index in [2.05, 4.69) is 6.58 Å². The van der Waals surface area contributed by atoms with Crippen molar-refractivity contribution in [2.24, 2.45) is 5.92 Å². The van der Waals surface area contributed by atoms with Crippen LogP contribution < -0.4 is 0 Å². The Morgan fingerprint density at radius 3 is 2.85 bits per heavy atom. The molecular formula is C20H24O7. The molecule has 0 saturated carbocycles. The lowest BCUT2D eigenvalue weighted by molar-refractivity contribution is -0.156. The first-order chi connectivity index (χ1) is 12.8. The maximum absolute atomic E-state index is 12.4. The van der Waals surface area contributed by atoms with Crippen molar-refractivity contribution in [2.75, 3.05) is 6.61 Å². The molecule has 0 spiro atoms. The minimum Gasteiger partial charge on any atom is -0.455 e. The van der Waals surface area contributed by atoms with Crippen molar-refractivity contribution in [3.63, 3.8) is 0 Å². The summed E-state index contributed by atoms with van der Waals surface area (Å²) in [7, 11) is 0. The summed E-state index contributed by atoms with van der Waals surface area (Å²) in [5.41, 5.74) is 1.55. The molecule has 146 valence electrons. The zero-order valence-electron chi connectivity index (χ0n) is 15.4. The first-order valence-corrected chi connectivity index (χ1v) is 8.94. The molecule has 4 rings (SSSR count). The van der Waals surface area contributed by atoms with E-state index in [-0.39, 0.29) is 17.8 Å². The van der Waals surface area contributed by atoms with Crippen LogP contribution in [0, 0.1) is 5.92 Å². The largest absolute Gasteiger partial charge is 0.455 e. The van der Waals surface area contributed by atoms with Gasteiger partial charge in [0.2, 0.25) is 0 Å². The number of ether oxygens (including phenoxy) is 3. The highest BCUT2D eigenvalue weighted by molar-refractivity contribution is 5.92. The molecule has 1 saturated heterocycles. The minimum atomic E-state index is -1.37. The SMILES string of the molecule is C=C1C(=O)O[C@@H]2/C=C3\CCC=C([C@H](O)OC3)[C@H](O)[C@@H](OC(=O)/C(C)=C/C)[C@@H]12. The van der Waals surface area contributed by atoms with E-state index in [1.807, 2.05) is 0 Å². The Balaban J connectivity index is 2.08. The fourth-order valence-corrected chi connectivity index (χ4v) is 3.50. The van der Waals surface area contributed by atoms with Crippen molar-refractivity contribution in [1.82, 2.24) is 0 Å². The monoisotopic (exact) mass is 376 g/mol. The molecule has 0 aromatic heterocycles. The zero-order chi connectivity index (χ0) is 19.7. The van der Waals surface area contributed by atoms with Crippen LogP contribution in [0.15, 0.2) is 47.1 Å².